The Morgan fingerprint density at radius 2 is 2.20 bits per heavy atom. The minimum absolute atomic E-state index is 0.588. The highest BCUT2D eigenvalue weighted by Gasteiger charge is 2.05. The van der Waals surface area contributed by atoms with Gasteiger partial charge in [-0.25, -0.2) is 9.67 Å². The van der Waals surface area contributed by atoms with Crippen LogP contribution >= 0.6 is 0 Å². The topological polar surface area (TPSA) is 66.0 Å². The van der Waals surface area contributed by atoms with Gasteiger partial charge >= 0.3 is 0 Å². The lowest BCUT2D eigenvalue weighted by molar-refractivity contribution is 0.417. The van der Waals surface area contributed by atoms with Crippen LogP contribution in [0.1, 0.15) is 5.82 Å². The number of rotatable bonds is 2. The van der Waals surface area contributed by atoms with E-state index in [4.69, 9.17) is 10.5 Å². The predicted molar refractivity (Wildman–Crippen MR) is 57.1 cm³/mol. The molecule has 2 aromatic rings. The van der Waals surface area contributed by atoms with Crippen molar-refractivity contribution in [3.63, 3.8) is 0 Å². The van der Waals surface area contributed by atoms with E-state index in [1.54, 1.807) is 17.9 Å². The zero-order valence-corrected chi connectivity index (χ0v) is 8.64. The van der Waals surface area contributed by atoms with Gasteiger partial charge in [0.1, 0.15) is 17.9 Å². The van der Waals surface area contributed by atoms with Gasteiger partial charge in [0.15, 0.2) is 0 Å². The Hall–Kier alpha value is -2.04. The molecule has 5 heteroatoms. The largest absolute Gasteiger partial charge is 0.495 e. The summed E-state index contributed by atoms with van der Waals surface area (Å²) in [4.78, 5) is 4.05. The van der Waals surface area contributed by atoms with Crippen molar-refractivity contribution in [3.8, 4) is 11.4 Å². The highest BCUT2D eigenvalue weighted by molar-refractivity contribution is 5.58. The zero-order chi connectivity index (χ0) is 10.8. The van der Waals surface area contributed by atoms with Gasteiger partial charge in [0.05, 0.1) is 18.5 Å². The molecule has 0 unspecified atom stereocenters. The number of nitrogens with zero attached hydrogens (tertiary/aromatic N) is 3. The van der Waals surface area contributed by atoms with Crippen molar-refractivity contribution in [1.82, 2.24) is 14.8 Å². The van der Waals surface area contributed by atoms with Gasteiger partial charge in [-0.05, 0) is 25.1 Å². The molecular weight excluding hydrogens is 192 g/mol. The summed E-state index contributed by atoms with van der Waals surface area (Å²) in [5, 5.41) is 4.09. The first-order valence-corrected chi connectivity index (χ1v) is 4.53. The summed E-state index contributed by atoms with van der Waals surface area (Å²) in [6, 6.07) is 5.50. The Kier molecular flexibility index (Phi) is 2.29. The maximum Gasteiger partial charge on any atom is 0.141 e. The van der Waals surface area contributed by atoms with Crippen LogP contribution in [-0.4, -0.2) is 21.9 Å². The van der Waals surface area contributed by atoms with Gasteiger partial charge in [-0.3, -0.25) is 0 Å². The number of aryl methyl sites for hydroxylation is 1. The van der Waals surface area contributed by atoms with E-state index >= 15 is 0 Å². The maximum absolute atomic E-state index is 5.80. The fourth-order valence-electron chi connectivity index (χ4n) is 1.41. The van der Waals surface area contributed by atoms with E-state index in [1.807, 2.05) is 19.1 Å². The first-order valence-electron chi connectivity index (χ1n) is 4.53. The Balaban J connectivity index is 2.47. The molecule has 0 saturated carbocycles. The standard InChI is InChI=1S/C10H12N4O/c1-7-12-6-13-14(7)8-3-4-10(15-2)9(11)5-8/h3-6H,11H2,1-2H3. The molecule has 0 aliphatic heterocycles. The molecule has 0 atom stereocenters. The first-order chi connectivity index (χ1) is 7.22. The third kappa shape index (κ3) is 1.63. The number of anilines is 1. The normalized spacial score (nSPS) is 10.3. The molecule has 15 heavy (non-hydrogen) atoms. The van der Waals surface area contributed by atoms with Crippen molar-refractivity contribution >= 4 is 5.69 Å². The smallest absolute Gasteiger partial charge is 0.141 e. The minimum Gasteiger partial charge on any atom is -0.495 e. The predicted octanol–water partition coefficient (Wildman–Crippen LogP) is 1.17. The van der Waals surface area contributed by atoms with E-state index in [-0.39, 0.29) is 0 Å². The molecule has 5 nitrogen and oxygen atoms in total. The number of benzene rings is 1. The van der Waals surface area contributed by atoms with Gasteiger partial charge in [0.2, 0.25) is 0 Å². The molecule has 0 aliphatic rings. The van der Waals surface area contributed by atoms with Gasteiger partial charge in [-0.15, -0.1) is 0 Å². The van der Waals surface area contributed by atoms with E-state index in [9.17, 15) is 0 Å². The van der Waals surface area contributed by atoms with Crippen LogP contribution in [0.3, 0.4) is 0 Å². The monoisotopic (exact) mass is 204 g/mol. The lowest BCUT2D eigenvalue weighted by Crippen LogP contribution is -2.01. The number of aromatic nitrogens is 3. The van der Waals surface area contributed by atoms with Crippen molar-refractivity contribution in [1.29, 1.82) is 0 Å². The number of nitrogens with two attached hydrogens (primary N) is 1. The summed E-state index contributed by atoms with van der Waals surface area (Å²) in [5.41, 5.74) is 7.27. The van der Waals surface area contributed by atoms with E-state index in [2.05, 4.69) is 10.1 Å². The number of hydrogen-bond acceptors (Lipinski definition) is 4. The van der Waals surface area contributed by atoms with Crippen LogP contribution in [0.2, 0.25) is 0 Å². The summed E-state index contributed by atoms with van der Waals surface area (Å²) in [6.07, 6.45) is 1.51. The average molecular weight is 204 g/mol. The highest BCUT2D eigenvalue weighted by atomic mass is 16.5. The fourth-order valence-corrected chi connectivity index (χ4v) is 1.41. The second kappa shape index (κ2) is 3.61. The molecule has 0 fully saturated rings. The van der Waals surface area contributed by atoms with E-state index in [0.29, 0.717) is 11.4 Å². The van der Waals surface area contributed by atoms with E-state index in [0.717, 1.165) is 11.5 Å². The van der Waals surface area contributed by atoms with Gasteiger partial charge < -0.3 is 10.5 Å². The molecule has 0 spiro atoms. The molecule has 1 aromatic carbocycles. The second-order valence-corrected chi connectivity index (χ2v) is 3.15. The lowest BCUT2D eigenvalue weighted by Gasteiger charge is -2.07. The van der Waals surface area contributed by atoms with Gasteiger partial charge in [-0.1, -0.05) is 0 Å². The summed E-state index contributed by atoms with van der Waals surface area (Å²) >= 11 is 0. The maximum atomic E-state index is 5.80. The molecule has 0 radical (unpaired) electrons. The van der Waals surface area contributed by atoms with Crippen molar-refractivity contribution in [3.05, 3.63) is 30.4 Å². The van der Waals surface area contributed by atoms with E-state index in [1.165, 1.54) is 6.33 Å². The van der Waals surface area contributed by atoms with Crippen LogP contribution in [0.25, 0.3) is 5.69 Å². The van der Waals surface area contributed by atoms with Crippen molar-refractivity contribution < 1.29 is 4.74 Å². The summed E-state index contributed by atoms with van der Waals surface area (Å²) in [7, 11) is 1.59. The van der Waals surface area contributed by atoms with Crippen molar-refractivity contribution in [2.24, 2.45) is 0 Å². The molecule has 1 heterocycles. The molecule has 0 amide bonds. The minimum atomic E-state index is 0.588. The van der Waals surface area contributed by atoms with Crippen molar-refractivity contribution in [2.75, 3.05) is 12.8 Å². The summed E-state index contributed by atoms with van der Waals surface area (Å²) in [6.45, 7) is 1.88. The Morgan fingerprint density at radius 1 is 1.40 bits per heavy atom. The summed E-state index contributed by atoms with van der Waals surface area (Å²) in [5.74, 6) is 1.48. The van der Waals surface area contributed by atoms with Gasteiger partial charge in [-0.2, -0.15) is 5.10 Å². The molecular formula is C10H12N4O. The molecule has 2 rings (SSSR count). The fraction of sp³-hybridized carbons (Fsp3) is 0.200. The van der Waals surface area contributed by atoms with Gasteiger partial charge in [0.25, 0.3) is 0 Å². The lowest BCUT2D eigenvalue weighted by atomic mass is 10.2. The van der Waals surface area contributed by atoms with Gasteiger partial charge in [0, 0.05) is 0 Å². The first kappa shape index (κ1) is 9.51. The summed E-state index contributed by atoms with van der Waals surface area (Å²) < 4.78 is 6.80. The Labute approximate surface area is 87.5 Å². The molecule has 78 valence electrons. The molecule has 0 bridgehead atoms. The quantitative estimate of drug-likeness (QED) is 0.745. The third-order valence-corrected chi connectivity index (χ3v) is 2.18. The number of methoxy groups -OCH3 is 1. The van der Waals surface area contributed by atoms with Crippen LogP contribution in [-0.2, 0) is 0 Å². The van der Waals surface area contributed by atoms with Crippen LogP contribution < -0.4 is 10.5 Å². The van der Waals surface area contributed by atoms with Crippen LogP contribution in [0.15, 0.2) is 24.5 Å². The van der Waals surface area contributed by atoms with Crippen LogP contribution in [0.4, 0.5) is 5.69 Å². The molecule has 0 saturated heterocycles. The highest BCUT2D eigenvalue weighted by Crippen LogP contribution is 2.23. The molecule has 1 aromatic heterocycles. The molecule has 0 aliphatic carbocycles. The number of nitrogen functional groups attached to an aromatic ring is 1. The zero-order valence-electron chi connectivity index (χ0n) is 8.64. The Morgan fingerprint density at radius 3 is 2.73 bits per heavy atom. The van der Waals surface area contributed by atoms with Crippen molar-refractivity contribution in [2.45, 2.75) is 6.92 Å². The number of hydrogen-bond donors (Lipinski definition) is 1. The van der Waals surface area contributed by atoms with E-state index < -0.39 is 0 Å². The third-order valence-electron chi connectivity index (χ3n) is 2.18. The average Bonchev–Trinajstić information content (AvgIpc) is 2.64. The molecule has 2 N–H and O–H groups in total. The second-order valence-electron chi connectivity index (χ2n) is 3.15. The Bertz CT molecular complexity index is 478. The van der Waals surface area contributed by atoms with Crippen LogP contribution in [0.5, 0.6) is 5.75 Å². The number of ether oxygens (including phenoxy) is 1. The SMILES string of the molecule is COc1ccc(-n2ncnc2C)cc1N. The van der Waals surface area contributed by atoms with Crippen LogP contribution in [0, 0.1) is 6.92 Å².